The summed E-state index contributed by atoms with van der Waals surface area (Å²) in [6, 6.07) is 30.4. The first-order valence-corrected chi connectivity index (χ1v) is 16.7. The fourth-order valence-electron chi connectivity index (χ4n) is 5.71. The van der Waals surface area contributed by atoms with Gasteiger partial charge in [0.1, 0.15) is 12.6 Å². The molecule has 1 N–H and O–H groups in total. The van der Waals surface area contributed by atoms with Crippen LogP contribution in [0.3, 0.4) is 0 Å². The molecule has 4 aromatic carbocycles. The van der Waals surface area contributed by atoms with E-state index in [-0.39, 0.29) is 41.2 Å². The van der Waals surface area contributed by atoms with Crippen molar-refractivity contribution in [2.75, 3.05) is 10.8 Å². The van der Waals surface area contributed by atoms with Gasteiger partial charge in [-0.3, -0.25) is 24.0 Å². The van der Waals surface area contributed by atoms with Crippen LogP contribution in [0, 0.1) is 10.1 Å². The molecule has 10 nitrogen and oxygen atoms in total. The van der Waals surface area contributed by atoms with Crippen LogP contribution in [0.1, 0.15) is 36.8 Å². The van der Waals surface area contributed by atoms with Crippen LogP contribution in [-0.2, 0) is 32.6 Å². The molecule has 1 aliphatic rings. The maximum absolute atomic E-state index is 14.5. The smallest absolute Gasteiger partial charge is 0.271 e. The van der Waals surface area contributed by atoms with Crippen LogP contribution in [0.2, 0.25) is 0 Å². The van der Waals surface area contributed by atoms with Crippen molar-refractivity contribution in [3.8, 4) is 0 Å². The molecule has 11 heteroatoms. The Labute approximate surface area is 268 Å². The normalized spacial score (nSPS) is 13.9. The summed E-state index contributed by atoms with van der Waals surface area (Å²) in [6.07, 6.45) is 3.94. The van der Waals surface area contributed by atoms with Crippen LogP contribution in [0.15, 0.2) is 120 Å². The standard InChI is InChI=1S/C35H36N4O6S/c40-34(26-38(30-19-12-20-31(24-30)39(42)43)46(44,45)32-21-8-3-9-22-32)37(25-28-15-6-2-7-16-28)33(23-27-13-4-1-5-14-27)35(41)36-29-17-10-11-18-29/h1-9,12-16,19-22,24,29,33H,10-11,17-18,23,25-26H2,(H,36,41)/t33-/m1/s1. The molecule has 5 rings (SSSR count). The number of anilines is 1. The average molecular weight is 641 g/mol. The van der Waals surface area contributed by atoms with Crippen molar-refractivity contribution in [1.82, 2.24) is 10.2 Å². The number of sulfonamides is 1. The highest BCUT2D eigenvalue weighted by atomic mass is 32.2. The van der Waals surface area contributed by atoms with E-state index in [1.54, 1.807) is 18.2 Å². The Hall–Kier alpha value is -5.03. The number of carbonyl (C=O) groups is 2. The number of hydrogen-bond acceptors (Lipinski definition) is 6. The second-order valence-corrected chi connectivity index (χ2v) is 13.2. The highest BCUT2D eigenvalue weighted by molar-refractivity contribution is 7.92. The Morgan fingerprint density at radius 1 is 0.826 bits per heavy atom. The van der Waals surface area contributed by atoms with Crippen LogP contribution in [0.25, 0.3) is 0 Å². The Morgan fingerprint density at radius 3 is 2.02 bits per heavy atom. The van der Waals surface area contributed by atoms with E-state index in [1.807, 2.05) is 60.7 Å². The van der Waals surface area contributed by atoms with Crippen LogP contribution >= 0.6 is 0 Å². The molecule has 238 valence electrons. The summed E-state index contributed by atoms with van der Waals surface area (Å²) in [6.45, 7) is -0.642. The van der Waals surface area contributed by atoms with E-state index in [4.69, 9.17) is 0 Å². The molecule has 1 atom stereocenters. The Kier molecular flexibility index (Phi) is 10.4. The minimum Gasteiger partial charge on any atom is -0.352 e. The first-order chi connectivity index (χ1) is 22.2. The van der Waals surface area contributed by atoms with Gasteiger partial charge in [0.05, 0.1) is 15.5 Å². The molecule has 1 aliphatic carbocycles. The number of benzene rings is 4. The molecule has 2 amide bonds. The number of non-ortho nitro benzene ring substituents is 1. The lowest BCUT2D eigenvalue weighted by molar-refractivity contribution is -0.384. The quantitative estimate of drug-likeness (QED) is 0.152. The number of nitro benzene ring substituents is 1. The fourth-order valence-corrected chi connectivity index (χ4v) is 7.14. The minimum absolute atomic E-state index is 0.000671. The highest BCUT2D eigenvalue weighted by Gasteiger charge is 2.35. The Morgan fingerprint density at radius 2 is 1.41 bits per heavy atom. The molecule has 0 saturated heterocycles. The lowest BCUT2D eigenvalue weighted by Crippen LogP contribution is -2.54. The minimum atomic E-state index is -4.36. The van der Waals surface area contributed by atoms with Gasteiger partial charge in [-0.25, -0.2) is 8.42 Å². The number of nitrogens with one attached hydrogen (secondary N) is 1. The van der Waals surface area contributed by atoms with Crippen LogP contribution in [0.5, 0.6) is 0 Å². The zero-order chi connectivity index (χ0) is 32.5. The van der Waals surface area contributed by atoms with Gasteiger partial charge in [-0.1, -0.05) is 97.8 Å². The molecule has 46 heavy (non-hydrogen) atoms. The van der Waals surface area contributed by atoms with Gasteiger partial charge < -0.3 is 10.2 Å². The van der Waals surface area contributed by atoms with E-state index in [1.165, 1.54) is 35.2 Å². The van der Waals surface area contributed by atoms with Crippen molar-refractivity contribution in [1.29, 1.82) is 0 Å². The number of nitro groups is 1. The Balaban J connectivity index is 1.57. The molecule has 0 aromatic heterocycles. The summed E-state index contributed by atoms with van der Waals surface area (Å²) >= 11 is 0. The number of nitrogens with zero attached hydrogens (tertiary/aromatic N) is 3. The third kappa shape index (κ3) is 7.97. The zero-order valence-corrected chi connectivity index (χ0v) is 26.1. The number of carbonyl (C=O) groups excluding carboxylic acids is 2. The van der Waals surface area contributed by atoms with Gasteiger partial charge in [0.25, 0.3) is 15.7 Å². The van der Waals surface area contributed by atoms with Crippen molar-refractivity contribution in [2.45, 2.75) is 55.6 Å². The van der Waals surface area contributed by atoms with Crippen LogP contribution in [0.4, 0.5) is 11.4 Å². The third-order valence-electron chi connectivity index (χ3n) is 8.11. The highest BCUT2D eigenvalue weighted by Crippen LogP contribution is 2.28. The molecule has 0 aliphatic heterocycles. The first kappa shape index (κ1) is 32.4. The SMILES string of the molecule is O=C(NC1CCCC1)[C@@H](Cc1ccccc1)N(Cc1ccccc1)C(=O)CN(c1cccc([N+](=O)[O-])c1)S(=O)(=O)c1ccccc1. The largest absolute Gasteiger partial charge is 0.352 e. The van der Waals surface area contributed by atoms with E-state index in [0.29, 0.717) is 0 Å². The van der Waals surface area contributed by atoms with E-state index in [0.717, 1.165) is 47.2 Å². The zero-order valence-electron chi connectivity index (χ0n) is 25.3. The number of amides is 2. The van der Waals surface area contributed by atoms with E-state index in [9.17, 15) is 28.1 Å². The molecule has 0 spiro atoms. The lowest BCUT2D eigenvalue weighted by atomic mass is 10.0. The topological polar surface area (TPSA) is 130 Å². The van der Waals surface area contributed by atoms with Crippen molar-refractivity contribution in [2.24, 2.45) is 0 Å². The van der Waals surface area contributed by atoms with Gasteiger partial charge in [0.2, 0.25) is 11.8 Å². The summed E-state index contributed by atoms with van der Waals surface area (Å²) in [5.41, 5.74) is 1.24. The van der Waals surface area contributed by atoms with Gasteiger partial charge in [0, 0.05) is 31.1 Å². The molecule has 1 saturated carbocycles. The van der Waals surface area contributed by atoms with Crippen LogP contribution in [-0.4, -0.2) is 48.7 Å². The number of hydrogen-bond donors (Lipinski definition) is 1. The first-order valence-electron chi connectivity index (χ1n) is 15.2. The predicted octanol–water partition coefficient (Wildman–Crippen LogP) is 5.49. The van der Waals surface area contributed by atoms with Crippen molar-refractivity contribution >= 4 is 33.2 Å². The molecular weight excluding hydrogens is 604 g/mol. The average Bonchev–Trinajstić information content (AvgIpc) is 3.59. The second kappa shape index (κ2) is 14.8. The predicted molar refractivity (Wildman–Crippen MR) is 175 cm³/mol. The maximum atomic E-state index is 14.5. The van der Waals surface area contributed by atoms with Gasteiger partial charge in [-0.15, -0.1) is 0 Å². The maximum Gasteiger partial charge on any atom is 0.271 e. The van der Waals surface area contributed by atoms with Crippen molar-refractivity contribution in [3.05, 3.63) is 137 Å². The molecular formula is C35H36N4O6S. The molecule has 0 radical (unpaired) electrons. The van der Waals surface area contributed by atoms with E-state index < -0.39 is 33.4 Å². The van der Waals surface area contributed by atoms with Gasteiger partial charge in [-0.05, 0) is 42.2 Å². The molecule has 0 bridgehead atoms. The lowest BCUT2D eigenvalue weighted by Gasteiger charge is -2.34. The summed E-state index contributed by atoms with van der Waals surface area (Å²) in [5, 5.41) is 14.8. The summed E-state index contributed by atoms with van der Waals surface area (Å²) in [7, 11) is -4.36. The second-order valence-electron chi connectivity index (χ2n) is 11.3. The number of rotatable bonds is 13. The molecule has 4 aromatic rings. The van der Waals surface area contributed by atoms with Crippen LogP contribution < -0.4 is 9.62 Å². The van der Waals surface area contributed by atoms with E-state index >= 15 is 0 Å². The molecule has 0 heterocycles. The van der Waals surface area contributed by atoms with Gasteiger partial charge in [-0.2, -0.15) is 0 Å². The van der Waals surface area contributed by atoms with E-state index in [2.05, 4.69) is 5.32 Å². The molecule has 1 fully saturated rings. The van der Waals surface area contributed by atoms with Crippen molar-refractivity contribution < 1.29 is 22.9 Å². The van der Waals surface area contributed by atoms with Crippen molar-refractivity contribution in [3.63, 3.8) is 0 Å². The Bertz CT molecular complexity index is 1750. The summed E-state index contributed by atoms with van der Waals surface area (Å²) in [5.74, 6) is -0.940. The van der Waals surface area contributed by atoms with Gasteiger partial charge in [0.15, 0.2) is 0 Å². The fraction of sp³-hybridized carbons (Fsp3) is 0.257. The van der Waals surface area contributed by atoms with Gasteiger partial charge >= 0.3 is 0 Å². The monoisotopic (exact) mass is 640 g/mol. The summed E-state index contributed by atoms with van der Waals surface area (Å²) in [4.78, 5) is 40.9. The molecule has 0 unspecified atom stereocenters. The third-order valence-corrected chi connectivity index (χ3v) is 9.90. The summed E-state index contributed by atoms with van der Waals surface area (Å²) < 4.78 is 29.0.